The fourth-order valence-corrected chi connectivity index (χ4v) is 4.83. The first-order chi connectivity index (χ1) is 17.2. The quantitative estimate of drug-likeness (QED) is 0.434. The zero-order valence-electron chi connectivity index (χ0n) is 21.6. The molecule has 9 heteroatoms. The molecule has 1 aliphatic rings. The molecule has 0 bridgehead atoms. The van der Waals surface area contributed by atoms with Crippen LogP contribution in [0.1, 0.15) is 48.8 Å². The molecular weight excluding hydrogens is 476 g/mol. The summed E-state index contributed by atoms with van der Waals surface area (Å²) in [4.78, 5) is 28.3. The van der Waals surface area contributed by atoms with Gasteiger partial charge in [-0.2, -0.15) is 16.4 Å². The molecule has 0 spiro atoms. The fourth-order valence-electron chi connectivity index (χ4n) is 4.22. The SMILES string of the molecule is COc1cc2c(cc1C=C(C)C)-c1c(c(C(=O)N(C)CCCN(C)C(C)=O)nn1-c1ccsc1)CO2. The Bertz CT molecular complexity index is 1310. The van der Waals surface area contributed by atoms with Gasteiger partial charge < -0.3 is 19.3 Å². The molecule has 2 aromatic heterocycles. The van der Waals surface area contributed by atoms with E-state index in [9.17, 15) is 9.59 Å². The van der Waals surface area contributed by atoms with Gasteiger partial charge in [0.15, 0.2) is 5.69 Å². The summed E-state index contributed by atoms with van der Waals surface area (Å²) >= 11 is 1.57. The summed E-state index contributed by atoms with van der Waals surface area (Å²) in [6.07, 6.45) is 2.74. The van der Waals surface area contributed by atoms with E-state index in [-0.39, 0.29) is 18.4 Å². The molecule has 0 unspecified atom stereocenters. The molecule has 1 aromatic carbocycles. The van der Waals surface area contributed by atoms with Crippen LogP contribution in [0, 0.1) is 0 Å². The number of carbonyl (C=O) groups is 2. The topological polar surface area (TPSA) is 76.9 Å². The van der Waals surface area contributed by atoms with Gasteiger partial charge in [0.2, 0.25) is 5.91 Å². The Hall–Kier alpha value is -3.59. The van der Waals surface area contributed by atoms with Crippen LogP contribution in [0.4, 0.5) is 0 Å². The van der Waals surface area contributed by atoms with Crippen LogP contribution >= 0.6 is 11.3 Å². The molecular formula is C27H32N4O4S. The van der Waals surface area contributed by atoms with Crippen LogP contribution in [-0.4, -0.2) is 65.7 Å². The minimum Gasteiger partial charge on any atom is -0.496 e. The Balaban J connectivity index is 1.76. The lowest BCUT2D eigenvalue weighted by atomic mass is 9.98. The molecule has 0 atom stereocenters. The highest BCUT2D eigenvalue weighted by atomic mass is 32.1. The summed E-state index contributed by atoms with van der Waals surface area (Å²) in [5, 5.41) is 8.80. The molecule has 36 heavy (non-hydrogen) atoms. The first-order valence-electron chi connectivity index (χ1n) is 11.8. The Morgan fingerprint density at radius 1 is 1.19 bits per heavy atom. The lowest BCUT2D eigenvalue weighted by Gasteiger charge is -2.22. The van der Waals surface area contributed by atoms with Crippen molar-refractivity contribution in [1.82, 2.24) is 19.6 Å². The number of hydrogen-bond donors (Lipinski definition) is 0. The van der Waals surface area contributed by atoms with Gasteiger partial charge in [-0.1, -0.05) is 11.6 Å². The molecule has 1 aliphatic heterocycles. The van der Waals surface area contributed by atoms with Gasteiger partial charge >= 0.3 is 0 Å². The molecule has 2 amide bonds. The van der Waals surface area contributed by atoms with Crippen LogP contribution in [-0.2, 0) is 11.4 Å². The van der Waals surface area contributed by atoms with Gasteiger partial charge in [-0.15, -0.1) is 0 Å². The first kappa shape index (κ1) is 25.5. The summed E-state index contributed by atoms with van der Waals surface area (Å²) in [6.45, 7) is 6.94. The number of nitrogens with zero attached hydrogens (tertiary/aromatic N) is 4. The summed E-state index contributed by atoms with van der Waals surface area (Å²) in [5.74, 6) is 1.26. The molecule has 0 saturated carbocycles. The van der Waals surface area contributed by atoms with Gasteiger partial charge in [0.25, 0.3) is 5.91 Å². The number of methoxy groups -OCH3 is 1. The van der Waals surface area contributed by atoms with Crippen molar-refractivity contribution in [3.05, 3.63) is 51.4 Å². The molecule has 0 aliphatic carbocycles. The molecule has 0 N–H and O–H groups in total. The normalized spacial score (nSPS) is 11.7. The zero-order valence-corrected chi connectivity index (χ0v) is 22.4. The predicted molar refractivity (Wildman–Crippen MR) is 142 cm³/mol. The van der Waals surface area contributed by atoms with E-state index >= 15 is 0 Å². The highest BCUT2D eigenvalue weighted by Gasteiger charge is 2.32. The molecule has 8 nitrogen and oxygen atoms in total. The number of thiophene rings is 1. The van der Waals surface area contributed by atoms with Crippen molar-refractivity contribution in [3.8, 4) is 28.4 Å². The van der Waals surface area contributed by atoms with Crippen molar-refractivity contribution in [2.24, 2.45) is 0 Å². The van der Waals surface area contributed by atoms with E-state index in [0.29, 0.717) is 31.0 Å². The van der Waals surface area contributed by atoms with Gasteiger partial charge in [0.1, 0.15) is 18.1 Å². The maximum Gasteiger partial charge on any atom is 0.274 e. The number of ether oxygens (including phenoxy) is 2. The maximum absolute atomic E-state index is 13.5. The smallest absolute Gasteiger partial charge is 0.274 e. The van der Waals surface area contributed by atoms with E-state index in [2.05, 4.69) is 6.08 Å². The summed E-state index contributed by atoms with van der Waals surface area (Å²) < 4.78 is 13.6. The van der Waals surface area contributed by atoms with Gasteiger partial charge in [-0.05, 0) is 37.8 Å². The van der Waals surface area contributed by atoms with Crippen LogP contribution < -0.4 is 9.47 Å². The third-order valence-electron chi connectivity index (χ3n) is 6.21. The van der Waals surface area contributed by atoms with Gasteiger partial charge in [-0.25, -0.2) is 4.68 Å². The lowest BCUT2D eigenvalue weighted by Crippen LogP contribution is -2.32. The lowest BCUT2D eigenvalue weighted by molar-refractivity contribution is -0.127. The van der Waals surface area contributed by atoms with Crippen molar-refractivity contribution in [3.63, 3.8) is 0 Å². The van der Waals surface area contributed by atoms with E-state index in [1.54, 1.807) is 42.3 Å². The second kappa shape index (κ2) is 10.6. The van der Waals surface area contributed by atoms with E-state index in [0.717, 1.165) is 39.4 Å². The van der Waals surface area contributed by atoms with E-state index < -0.39 is 0 Å². The molecule has 190 valence electrons. The number of benzene rings is 1. The van der Waals surface area contributed by atoms with Crippen molar-refractivity contribution >= 4 is 29.2 Å². The van der Waals surface area contributed by atoms with Crippen LogP contribution in [0.3, 0.4) is 0 Å². The number of allylic oxidation sites excluding steroid dienone is 1. The predicted octanol–water partition coefficient (Wildman–Crippen LogP) is 4.87. The van der Waals surface area contributed by atoms with Crippen LogP contribution in [0.5, 0.6) is 11.5 Å². The molecule has 0 saturated heterocycles. The molecule has 3 aromatic rings. The summed E-state index contributed by atoms with van der Waals surface area (Å²) in [5.41, 5.74) is 5.84. The average Bonchev–Trinajstić information content (AvgIpc) is 3.50. The van der Waals surface area contributed by atoms with Crippen LogP contribution in [0.2, 0.25) is 0 Å². The Morgan fingerprint density at radius 3 is 2.58 bits per heavy atom. The van der Waals surface area contributed by atoms with Crippen molar-refractivity contribution < 1.29 is 19.1 Å². The van der Waals surface area contributed by atoms with E-state index in [1.807, 2.05) is 47.5 Å². The van der Waals surface area contributed by atoms with E-state index in [1.165, 1.54) is 6.92 Å². The highest BCUT2D eigenvalue weighted by molar-refractivity contribution is 7.08. The third-order valence-corrected chi connectivity index (χ3v) is 6.88. The first-order valence-corrected chi connectivity index (χ1v) is 12.8. The summed E-state index contributed by atoms with van der Waals surface area (Å²) in [7, 11) is 5.17. The molecule has 0 fully saturated rings. The van der Waals surface area contributed by atoms with E-state index in [4.69, 9.17) is 14.6 Å². The Kier molecular flexibility index (Phi) is 7.49. The van der Waals surface area contributed by atoms with Crippen LogP contribution in [0.25, 0.3) is 23.0 Å². The largest absolute Gasteiger partial charge is 0.496 e. The second-order valence-corrected chi connectivity index (χ2v) is 9.97. The van der Waals surface area contributed by atoms with Crippen molar-refractivity contribution in [2.45, 2.75) is 33.8 Å². The van der Waals surface area contributed by atoms with Gasteiger partial charge in [0, 0.05) is 62.2 Å². The number of hydrogen-bond acceptors (Lipinski definition) is 6. The van der Waals surface area contributed by atoms with Crippen LogP contribution in [0.15, 0.2) is 34.5 Å². The number of aromatic nitrogens is 2. The maximum atomic E-state index is 13.5. The molecule has 4 rings (SSSR count). The van der Waals surface area contributed by atoms with Crippen molar-refractivity contribution in [2.75, 3.05) is 34.3 Å². The van der Waals surface area contributed by atoms with Gasteiger partial charge in [-0.3, -0.25) is 9.59 Å². The number of carbonyl (C=O) groups excluding carboxylic acids is 2. The fraction of sp³-hybridized carbons (Fsp3) is 0.370. The summed E-state index contributed by atoms with van der Waals surface area (Å²) in [6, 6.07) is 5.93. The third kappa shape index (κ3) is 5.02. The number of fused-ring (bicyclic) bond motifs is 3. The number of amides is 2. The minimum absolute atomic E-state index is 0.00693. The van der Waals surface area contributed by atoms with Crippen molar-refractivity contribution in [1.29, 1.82) is 0 Å². The van der Waals surface area contributed by atoms with Gasteiger partial charge in [0.05, 0.1) is 18.5 Å². The number of rotatable bonds is 8. The average molecular weight is 509 g/mol. The standard InChI is InChI=1S/C27H32N4O4S/c1-17(2)12-19-13-21-24(14-23(19)34-6)35-15-22-25(28-31(26(21)22)20-8-11-36-16-20)27(33)30(5)10-7-9-29(4)18(3)32/h8,11-14,16H,7,9-10,15H2,1-6H3. The Morgan fingerprint density at radius 2 is 1.94 bits per heavy atom. The monoisotopic (exact) mass is 508 g/mol. The Labute approximate surface area is 215 Å². The minimum atomic E-state index is -0.171. The highest BCUT2D eigenvalue weighted by Crippen LogP contribution is 2.44. The second-order valence-electron chi connectivity index (χ2n) is 9.19. The zero-order chi connectivity index (χ0) is 26.0. The molecule has 0 radical (unpaired) electrons. The molecule has 3 heterocycles.